The van der Waals surface area contributed by atoms with Gasteiger partial charge in [0, 0.05) is 24.3 Å². The molecule has 3 aromatic rings. The van der Waals surface area contributed by atoms with Crippen LogP contribution in [0.15, 0.2) is 36.5 Å². The minimum absolute atomic E-state index is 0.0125. The van der Waals surface area contributed by atoms with Gasteiger partial charge in [0.2, 0.25) is 5.88 Å². The van der Waals surface area contributed by atoms with Crippen LogP contribution >= 0.6 is 0 Å². The summed E-state index contributed by atoms with van der Waals surface area (Å²) in [5, 5.41) is 12.7. The molecule has 1 aliphatic heterocycles. The summed E-state index contributed by atoms with van der Waals surface area (Å²) in [4.78, 5) is 21.0. The third-order valence-corrected chi connectivity index (χ3v) is 5.22. The van der Waals surface area contributed by atoms with Crippen molar-refractivity contribution in [1.29, 1.82) is 0 Å². The number of hydrogen-bond donors (Lipinski definition) is 2. The molecule has 3 heterocycles. The van der Waals surface area contributed by atoms with E-state index in [0.717, 1.165) is 17.7 Å². The van der Waals surface area contributed by atoms with E-state index in [0.29, 0.717) is 24.5 Å². The second kappa shape index (κ2) is 8.91. The van der Waals surface area contributed by atoms with E-state index in [1.165, 1.54) is 13.2 Å². The molecule has 0 bridgehead atoms. The van der Waals surface area contributed by atoms with Crippen molar-refractivity contribution in [2.45, 2.75) is 25.0 Å². The van der Waals surface area contributed by atoms with Gasteiger partial charge in [0.05, 0.1) is 25.9 Å². The van der Waals surface area contributed by atoms with Crippen molar-refractivity contribution < 1.29 is 28.2 Å². The first-order valence-electron chi connectivity index (χ1n) is 9.79. The van der Waals surface area contributed by atoms with Crippen molar-refractivity contribution in [3.8, 4) is 5.88 Å². The average Bonchev–Trinajstić information content (AvgIpc) is 2.78. The Balaban J connectivity index is 1.72. The zero-order valence-corrected chi connectivity index (χ0v) is 16.8. The fourth-order valence-electron chi connectivity index (χ4n) is 3.59. The molecule has 1 fully saturated rings. The Kier molecular flexibility index (Phi) is 6.06. The van der Waals surface area contributed by atoms with Crippen LogP contribution in [0.5, 0.6) is 5.88 Å². The number of carbonyl (C=O) groups excluding carboxylic acids is 1. The summed E-state index contributed by atoms with van der Waals surface area (Å²) in [6.45, 7) is 0.522. The van der Waals surface area contributed by atoms with Crippen molar-refractivity contribution in [3.05, 3.63) is 65.0 Å². The molecular formula is C22H21F2N3O4. The largest absolute Gasteiger partial charge is 0.481 e. The van der Waals surface area contributed by atoms with Crippen LogP contribution in [0.4, 0.5) is 8.78 Å². The number of methoxy groups -OCH3 is 1. The Morgan fingerprint density at radius 2 is 2.10 bits per heavy atom. The number of nitrogens with zero attached hydrogens (tertiary/aromatic N) is 2. The van der Waals surface area contributed by atoms with Crippen LogP contribution < -0.4 is 10.1 Å². The van der Waals surface area contributed by atoms with Crippen molar-refractivity contribution in [2.75, 3.05) is 20.3 Å². The molecule has 31 heavy (non-hydrogen) atoms. The molecule has 0 saturated carbocycles. The molecule has 2 aromatic heterocycles. The van der Waals surface area contributed by atoms with Crippen LogP contribution in [-0.2, 0) is 11.2 Å². The smallest absolute Gasteiger partial charge is 0.270 e. The third-order valence-electron chi connectivity index (χ3n) is 5.22. The first kappa shape index (κ1) is 21.1. The van der Waals surface area contributed by atoms with Crippen LogP contribution in [0.1, 0.15) is 28.0 Å². The Morgan fingerprint density at radius 3 is 2.81 bits per heavy atom. The monoisotopic (exact) mass is 429 g/mol. The molecule has 1 amide bonds. The number of nitrogens with one attached hydrogen (secondary N) is 1. The highest BCUT2D eigenvalue weighted by atomic mass is 19.1. The zero-order valence-electron chi connectivity index (χ0n) is 16.8. The van der Waals surface area contributed by atoms with E-state index in [1.807, 2.05) is 0 Å². The molecule has 1 aliphatic rings. The Hall–Kier alpha value is -3.17. The highest BCUT2D eigenvalue weighted by Gasteiger charge is 2.27. The van der Waals surface area contributed by atoms with Gasteiger partial charge in [0.25, 0.3) is 5.91 Å². The lowest BCUT2D eigenvalue weighted by Crippen LogP contribution is -2.48. The maximum Gasteiger partial charge on any atom is 0.270 e. The van der Waals surface area contributed by atoms with E-state index in [-0.39, 0.29) is 29.6 Å². The van der Waals surface area contributed by atoms with Crippen molar-refractivity contribution in [2.24, 2.45) is 0 Å². The average molecular weight is 429 g/mol. The fraction of sp³-hybridized carbons (Fsp3) is 0.318. The SMILES string of the molecule is COc1ccc(Cc2cc(C(=O)N[C@H]3CCOC[C@@H]3O)nc3c(F)ccc(F)c23)cn1. The van der Waals surface area contributed by atoms with E-state index in [2.05, 4.69) is 15.3 Å². The van der Waals surface area contributed by atoms with Gasteiger partial charge in [-0.1, -0.05) is 6.07 Å². The van der Waals surface area contributed by atoms with Crippen molar-refractivity contribution in [1.82, 2.24) is 15.3 Å². The number of fused-ring (bicyclic) bond motifs is 1. The summed E-state index contributed by atoms with van der Waals surface area (Å²) in [5.41, 5.74) is 0.832. The normalized spacial score (nSPS) is 18.7. The van der Waals surface area contributed by atoms with Gasteiger partial charge in [-0.15, -0.1) is 0 Å². The number of aromatic nitrogens is 2. The molecule has 0 radical (unpaired) electrons. The maximum atomic E-state index is 14.6. The number of pyridine rings is 2. The molecule has 2 atom stereocenters. The summed E-state index contributed by atoms with van der Waals surface area (Å²) in [7, 11) is 1.50. The van der Waals surface area contributed by atoms with E-state index in [4.69, 9.17) is 9.47 Å². The molecule has 1 aromatic carbocycles. The van der Waals surface area contributed by atoms with Crippen LogP contribution in [-0.4, -0.2) is 53.5 Å². The van der Waals surface area contributed by atoms with Crippen LogP contribution in [0, 0.1) is 11.6 Å². The highest BCUT2D eigenvalue weighted by molar-refractivity contribution is 5.96. The predicted octanol–water partition coefficient (Wildman–Crippen LogP) is 2.39. The number of aliphatic hydroxyl groups excluding tert-OH is 1. The third kappa shape index (κ3) is 4.47. The van der Waals surface area contributed by atoms with Gasteiger partial charge in [-0.2, -0.15) is 0 Å². The maximum absolute atomic E-state index is 14.6. The summed E-state index contributed by atoms with van der Waals surface area (Å²) in [5.74, 6) is -1.51. The van der Waals surface area contributed by atoms with Gasteiger partial charge in [0.15, 0.2) is 0 Å². The van der Waals surface area contributed by atoms with Gasteiger partial charge in [0.1, 0.15) is 22.8 Å². The van der Waals surface area contributed by atoms with Crippen molar-refractivity contribution in [3.63, 3.8) is 0 Å². The summed E-state index contributed by atoms with van der Waals surface area (Å²) in [6.07, 6.45) is 1.36. The molecule has 2 N–H and O–H groups in total. The number of rotatable bonds is 5. The second-order valence-corrected chi connectivity index (χ2v) is 7.32. The molecule has 0 spiro atoms. The van der Waals surface area contributed by atoms with Gasteiger partial charge < -0.3 is 19.9 Å². The number of aliphatic hydroxyl groups is 1. The molecule has 0 aliphatic carbocycles. The molecule has 0 unspecified atom stereocenters. The van der Waals surface area contributed by atoms with E-state index in [9.17, 15) is 18.7 Å². The quantitative estimate of drug-likeness (QED) is 0.647. The second-order valence-electron chi connectivity index (χ2n) is 7.32. The van der Waals surface area contributed by atoms with Crippen LogP contribution in [0.3, 0.4) is 0 Å². The molecular weight excluding hydrogens is 408 g/mol. The molecule has 7 nitrogen and oxygen atoms in total. The van der Waals surface area contributed by atoms with Gasteiger partial charge >= 0.3 is 0 Å². The Morgan fingerprint density at radius 1 is 1.29 bits per heavy atom. The number of halogens is 2. The van der Waals surface area contributed by atoms with E-state index < -0.39 is 29.7 Å². The lowest BCUT2D eigenvalue weighted by molar-refractivity contribution is -0.0261. The van der Waals surface area contributed by atoms with E-state index in [1.54, 1.807) is 18.3 Å². The fourth-order valence-corrected chi connectivity index (χ4v) is 3.59. The lowest BCUT2D eigenvalue weighted by atomic mass is 10.00. The molecule has 9 heteroatoms. The summed E-state index contributed by atoms with van der Waals surface area (Å²) >= 11 is 0. The Labute approximate surface area is 177 Å². The summed E-state index contributed by atoms with van der Waals surface area (Å²) < 4.78 is 39.3. The van der Waals surface area contributed by atoms with Gasteiger partial charge in [-0.05, 0) is 42.2 Å². The first-order chi connectivity index (χ1) is 15.0. The number of carbonyl (C=O) groups is 1. The Bertz CT molecular complexity index is 1110. The first-order valence-corrected chi connectivity index (χ1v) is 9.79. The highest BCUT2D eigenvalue weighted by Crippen LogP contribution is 2.27. The number of ether oxygens (including phenoxy) is 2. The number of benzene rings is 1. The minimum atomic E-state index is -0.850. The van der Waals surface area contributed by atoms with Gasteiger partial charge in [-0.3, -0.25) is 4.79 Å². The van der Waals surface area contributed by atoms with Crippen LogP contribution in [0.25, 0.3) is 10.9 Å². The number of amides is 1. The van der Waals surface area contributed by atoms with E-state index >= 15 is 0 Å². The lowest BCUT2D eigenvalue weighted by Gasteiger charge is -2.28. The topological polar surface area (TPSA) is 93.6 Å². The minimum Gasteiger partial charge on any atom is -0.481 e. The predicted molar refractivity (Wildman–Crippen MR) is 108 cm³/mol. The van der Waals surface area contributed by atoms with Crippen molar-refractivity contribution >= 4 is 16.8 Å². The molecule has 162 valence electrons. The number of hydrogen-bond acceptors (Lipinski definition) is 6. The molecule has 4 rings (SSSR count). The standard InChI is InChI=1S/C22H21F2N3O4/c1-30-19-5-2-12(10-25-19)8-13-9-17(22(29)27-16-6-7-31-11-18(16)28)26-21-15(24)4-3-14(23)20(13)21/h2-5,9-10,16,18,28H,6-8,11H2,1H3,(H,27,29)/t16-,18-/m0/s1. The summed E-state index contributed by atoms with van der Waals surface area (Å²) in [6, 6.07) is 6.37. The molecule has 1 saturated heterocycles. The van der Waals surface area contributed by atoms with Crippen LogP contribution in [0.2, 0.25) is 0 Å². The van der Waals surface area contributed by atoms with Gasteiger partial charge in [-0.25, -0.2) is 18.7 Å². The zero-order chi connectivity index (χ0) is 22.0.